The molecule has 8 heteroatoms. The van der Waals surface area contributed by atoms with Gasteiger partial charge < -0.3 is 15.4 Å². The smallest absolute Gasteiger partial charge is 0.306 e. The number of amides is 2. The summed E-state index contributed by atoms with van der Waals surface area (Å²) in [5.41, 5.74) is 6.75. The number of fused-ring (bicyclic) bond motifs is 1. The van der Waals surface area contributed by atoms with Crippen molar-refractivity contribution < 1.29 is 19.1 Å². The summed E-state index contributed by atoms with van der Waals surface area (Å²) < 4.78 is 5.24. The minimum atomic E-state index is -0.873. The van der Waals surface area contributed by atoms with Gasteiger partial charge in [-0.2, -0.15) is 0 Å². The van der Waals surface area contributed by atoms with Crippen molar-refractivity contribution in [2.75, 3.05) is 0 Å². The Morgan fingerprint density at radius 3 is 2.64 bits per heavy atom. The minimum Gasteiger partial charge on any atom is -0.460 e. The number of halogens is 1. The number of nitrogens with zero attached hydrogens (tertiary/aromatic N) is 2. The van der Waals surface area contributed by atoms with Gasteiger partial charge in [0.15, 0.2) is 0 Å². The molecule has 0 saturated carbocycles. The predicted octanol–water partition coefficient (Wildman–Crippen LogP) is 1.91. The van der Waals surface area contributed by atoms with E-state index >= 15 is 0 Å². The summed E-state index contributed by atoms with van der Waals surface area (Å²) in [6.45, 7) is 5.51. The van der Waals surface area contributed by atoms with Crippen LogP contribution in [0.5, 0.6) is 0 Å². The van der Waals surface area contributed by atoms with Crippen molar-refractivity contribution in [2.45, 2.75) is 57.1 Å². The van der Waals surface area contributed by atoms with Crippen LogP contribution in [0.25, 0.3) is 0 Å². The molecular weight excluding hydrogens is 390 g/mol. The number of pyridine rings is 1. The number of primary amides is 1. The van der Waals surface area contributed by atoms with E-state index in [0.29, 0.717) is 16.6 Å². The third-order valence-corrected chi connectivity index (χ3v) is 4.30. The van der Waals surface area contributed by atoms with Crippen LogP contribution in [0.1, 0.15) is 55.4 Å². The molecule has 2 N–H and O–H groups in total. The highest BCUT2D eigenvalue weighted by molar-refractivity contribution is 9.08. The predicted molar refractivity (Wildman–Crippen MR) is 94.8 cm³/mol. The van der Waals surface area contributed by atoms with Crippen LogP contribution in [0.3, 0.4) is 0 Å². The number of carbonyl (C=O) groups is 3. The van der Waals surface area contributed by atoms with Crippen molar-refractivity contribution in [1.29, 1.82) is 0 Å². The van der Waals surface area contributed by atoms with E-state index in [0.717, 1.165) is 5.69 Å². The molecule has 0 aromatic carbocycles. The Kier molecular flexibility index (Phi) is 5.82. The molecule has 2 amide bonds. The van der Waals surface area contributed by atoms with Gasteiger partial charge in [0, 0.05) is 11.8 Å². The number of hydrogen-bond donors (Lipinski definition) is 1. The average molecular weight is 412 g/mol. The van der Waals surface area contributed by atoms with E-state index in [9.17, 15) is 14.4 Å². The van der Waals surface area contributed by atoms with Crippen LogP contribution in [0.4, 0.5) is 0 Å². The fraction of sp³-hybridized carbons (Fsp3) is 0.529. The first-order valence-electron chi connectivity index (χ1n) is 7.99. The Morgan fingerprint density at radius 1 is 1.40 bits per heavy atom. The Labute approximate surface area is 155 Å². The molecule has 2 heterocycles. The summed E-state index contributed by atoms with van der Waals surface area (Å²) >= 11 is 3.33. The van der Waals surface area contributed by atoms with Gasteiger partial charge in [-0.25, -0.2) is 0 Å². The van der Waals surface area contributed by atoms with E-state index in [1.54, 1.807) is 32.9 Å². The van der Waals surface area contributed by atoms with Crippen molar-refractivity contribution in [2.24, 2.45) is 5.73 Å². The van der Waals surface area contributed by atoms with Crippen molar-refractivity contribution in [3.63, 3.8) is 0 Å². The zero-order chi connectivity index (χ0) is 18.8. The maximum Gasteiger partial charge on any atom is 0.306 e. The maximum absolute atomic E-state index is 12.6. The molecule has 0 bridgehead atoms. The second-order valence-corrected chi connectivity index (χ2v) is 7.47. The number of esters is 1. The number of nitrogens with two attached hydrogens (primary N) is 1. The van der Waals surface area contributed by atoms with Gasteiger partial charge in [0.2, 0.25) is 5.91 Å². The van der Waals surface area contributed by atoms with E-state index in [4.69, 9.17) is 10.5 Å². The van der Waals surface area contributed by atoms with E-state index in [2.05, 4.69) is 20.9 Å². The number of rotatable bonds is 6. The zero-order valence-corrected chi connectivity index (χ0v) is 16.1. The number of alkyl halides is 1. The number of ether oxygens (including phenoxy) is 1. The Hall–Kier alpha value is -1.96. The summed E-state index contributed by atoms with van der Waals surface area (Å²) in [7, 11) is 0. The Bertz CT molecular complexity index is 700. The van der Waals surface area contributed by atoms with Crippen LogP contribution < -0.4 is 5.73 Å². The Morgan fingerprint density at radius 2 is 2.08 bits per heavy atom. The largest absolute Gasteiger partial charge is 0.460 e. The summed E-state index contributed by atoms with van der Waals surface area (Å²) in [5.74, 6) is -1.37. The fourth-order valence-electron chi connectivity index (χ4n) is 2.67. The lowest BCUT2D eigenvalue weighted by Crippen LogP contribution is -2.45. The molecule has 0 aliphatic carbocycles. The third kappa shape index (κ3) is 4.78. The molecule has 1 aliphatic heterocycles. The van der Waals surface area contributed by atoms with E-state index < -0.39 is 23.5 Å². The second kappa shape index (κ2) is 7.51. The number of hydrogen-bond acceptors (Lipinski definition) is 5. The molecule has 0 fully saturated rings. The van der Waals surface area contributed by atoms with Crippen LogP contribution in [0.2, 0.25) is 0 Å². The normalized spacial score (nSPS) is 15.0. The van der Waals surface area contributed by atoms with Gasteiger partial charge in [-0.05, 0) is 39.3 Å². The Balaban J connectivity index is 2.10. The molecule has 1 unspecified atom stereocenters. The van der Waals surface area contributed by atoms with Gasteiger partial charge in [0.05, 0.1) is 23.5 Å². The van der Waals surface area contributed by atoms with Crippen LogP contribution in [0.15, 0.2) is 12.1 Å². The van der Waals surface area contributed by atoms with E-state index in [1.807, 2.05) is 0 Å². The molecule has 2 rings (SSSR count). The first kappa shape index (κ1) is 19.4. The minimum absolute atomic E-state index is 0.00504. The molecule has 7 nitrogen and oxygen atoms in total. The summed E-state index contributed by atoms with van der Waals surface area (Å²) in [6.07, 6.45) is 0.125. The van der Waals surface area contributed by atoms with Crippen molar-refractivity contribution >= 4 is 33.7 Å². The second-order valence-electron chi connectivity index (χ2n) is 6.91. The molecule has 1 atom stereocenters. The monoisotopic (exact) mass is 411 g/mol. The standard InChI is InChI=1S/C17H22BrN3O4/c1-17(2,3)25-14(22)7-6-13(15(19)23)21-9-12-11(16(21)24)5-4-10(8-18)20-12/h4-5,13H,6-9H2,1-3H3,(H2,19,23). The zero-order valence-electron chi connectivity index (χ0n) is 14.5. The molecule has 0 radical (unpaired) electrons. The lowest BCUT2D eigenvalue weighted by atomic mass is 10.1. The quantitative estimate of drug-likeness (QED) is 0.568. The molecule has 0 saturated heterocycles. The molecule has 25 heavy (non-hydrogen) atoms. The van der Waals surface area contributed by atoms with Gasteiger partial charge in [-0.15, -0.1) is 0 Å². The molecule has 1 aromatic heterocycles. The first-order chi connectivity index (χ1) is 11.6. The SMILES string of the molecule is CC(C)(C)OC(=O)CCC(C(N)=O)N1Cc2nc(CBr)ccc2C1=O. The van der Waals surface area contributed by atoms with Crippen molar-refractivity contribution in [3.8, 4) is 0 Å². The van der Waals surface area contributed by atoms with Gasteiger partial charge in [0.1, 0.15) is 11.6 Å². The van der Waals surface area contributed by atoms with Crippen LogP contribution in [-0.4, -0.2) is 39.3 Å². The maximum atomic E-state index is 12.6. The van der Waals surface area contributed by atoms with Crippen molar-refractivity contribution in [1.82, 2.24) is 9.88 Å². The lowest BCUT2D eigenvalue weighted by molar-refractivity contribution is -0.155. The van der Waals surface area contributed by atoms with E-state index in [1.165, 1.54) is 4.90 Å². The molecule has 1 aromatic rings. The van der Waals surface area contributed by atoms with Crippen molar-refractivity contribution in [3.05, 3.63) is 29.1 Å². The fourth-order valence-corrected chi connectivity index (χ4v) is 2.99. The van der Waals surface area contributed by atoms with Gasteiger partial charge >= 0.3 is 5.97 Å². The van der Waals surface area contributed by atoms with Gasteiger partial charge in [-0.3, -0.25) is 19.4 Å². The topological polar surface area (TPSA) is 103 Å². The highest BCUT2D eigenvalue weighted by Gasteiger charge is 2.36. The van der Waals surface area contributed by atoms with Crippen LogP contribution in [0, 0.1) is 0 Å². The highest BCUT2D eigenvalue weighted by atomic mass is 79.9. The summed E-state index contributed by atoms with van der Waals surface area (Å²) in [4.78, 5) is 42.1. The number of aromatic nitrogens is 1. The molecular formula is C17H22BrN3O4. The van der Waals surface area contributed by atoms with Gasteiger partial charge in [-0.1, -0.05) is 15.9 Å². The van der Waals surface area contributed by atoms with Crippen LogP contribution in [-0.2, 0) is 26.2 Å². The van der Waals surface area contributed by atoms with Gasteiger partial charge in [0.25, 0.3) is 5.91 Å². The third-order valence-electron chi connectivity index (χ3n) is 3.73. The molecule has 136 valence electrons. The highest BCUT2D eigenvalue weighted by Crippen LogP contribution is 2.26. The average Bonchev–Trinajstić information content (AvgIpc) is 2.81. The lowest BCUT2D eigenvalue weighted by Gasteiger charge is -2.25. The molecule has 1 aliphatic rings. The molecule has 0 spiro atoms. The summed E-state index contributed by atoms with van der Waals surface area (Å²) in [5, 5.41) is 0.576. The first-order valence-corrected chi connectivity index (χ1v) is 9.11. The summed E-state index contributed by atoms with van der Waals surface area (Å²) in [6, 6.07) is 2.59. The van der Waals surface area contributed by atoms with E-state index in [-0.39, 0.29) is 25.3 Å². The number of carbonyl (C=O) groups excluding carboxylic acids is 3. The van der Waals surface area contributed by atoms with Crippen LogP contribution >= 0.6 is 15.9 Å².